The minimum atomic E-state index is -0.938. The van der Waals surface area contributed by atoms with Crippen molar-refractivity contribution in [2.45, 2.75) is 51.6 Å². The van der Waals surface area contributed by atoms with E-state index >= 15 is 0 Å². The van der Waals surface area contributed by atoms with Crippen LogP contribution < -0.4 is 10.0 Å². The van der Waals surface area contributed by atoms with E-state index in [9.17, 15) is 9.90 Å². The number of aliphatic carboxylic acids is 1. The van der Waals surface area contributed by atoms with Crippen molar-refractivity contribution in [3.8, 4) is 0 Å². The van der Waals surface area contributed by atoms with E-state index in [2.05, 4.69) is 31.2 Å². The first-order valence-electron chi connectivity index (χ1n) is 7.31. The van der Waals surface area contributed by atoms with Gasteiger partial charge in [-0.1, -0.05) is 31.2 Å². The lowest BCUT2D eigenvalue weighted by atomic mass is 10.1. The number of quaternary nitrogens is 1. The van der Waals surface area contributed by atoms with Crippen LogP contribution in [0.1, 0.15) is 43.7 Å². The monoisotopic (exact) mass is 261 g/mol. The van der Waals surface area contributed by atoms with Gasteiger partial charge in [-0.25, -0.2) is 0 Å². The van der Waals surface area contributed by atoms with Crippen LogP contribution in [0.25, 0.3) is 0 Å². The molecule has 104 valence electrons. The van der Waals surface area contributed by atoms with Crippen LogP contribution in [0, 0.1) is 0 Å². The van der Waals surface area contributed by atoms with Gasteiger partial charge in [0.2, 0.25) is 0 Å². The number of carboxylic acids is 1. The summed E-state index contributed by atoms with van der Waals surface area (Å²) < 4.78 is 0. The van der Waals surface area contributed by atoms with E-state index in [0.29, 0.717) is 6.04 Å². The number of benzene rings is 1. The zero-order valence-electron chi connectivity index (χ0n) is 11.7. The molecule has 1 saturated carbocycles. The number of hydrogen-bond donors (Lipinski definition) is 1. The Hall–Kier alpha value is -1.35. The molecular weight excluding hydrogens is 238 g/mol. The molecule has 2 rings (SSSR count). The largest absolute Gasteiger partial charge is 0.544 e. The van der Waals surface area contributed by atoms with E-state index < -0.39 is 5.97 Å². The van der Waals surface area contributed by atoms with Crippen LogP contribution in [0.2, 0.25) is 0 Å². The maximum absolute atomic E-state index is 10.9. The smallest absolute Gasteiger partial charge is 0.118 e. The summed E-state index contributed by atoms with van der Waals surface area (Å²) in [5.74, 6) is -0.938. The second-order valence-corrected chi connectivity index (χ2v) is 5.54. The molecule has 0 bridgehead atoms. The molecule has 19 heavy (non-hydrogen) atoms. The van der Waals surface area contributed by atoms with E-state index in [1.807, 2.05) is 0 Å². The van der Waals surface area contributed by atoms with E-state index in [1.54, 1.807) is 0 Å². The third-order valence-electron chi connectivity index (χ3n) is 4.17. The normalized spacial score (nSPS) is 17.5. The highest BCUT2D eigenvalue weighted by molar-refractivity contribution is 5.65. The molecule has 0 aromatic heterocycles. The second kappa shape index (κ2) is 6.71. The lowest BCUT2D eigenvalue weighted by Crippen LogP contribution is -3.15. The molecule has 1 aliphatic rings. The highest BCUT2D eigenvalue weighted by Crippen LogP contribution is 2.15. The van der Waals surface area contributed by atoms with Gasteiger partial charge in [0.05, 0.1) is 12.0 Å². The number of carbonyl (C=O) groups excluding carboxylic acids is 1. The minimum Gasteiger partial charge on any atom is -0.544 e. The highest BCUT2D eigenvalue weighted by atomic mass is 16.4. The number of rotatable bonds is 6. The molecule has 1 fully saturated rings. The molecule has 0 radical (unpaired) electrons. The molecule has 0 spiro atoms. The lowest BCUT2D eigenvalue weighted by Gasteiger charge is -2.26. The Morgan fingerprint density at radius 2 is 1.79 bits per heavy atom. The van der Waals surface area contributed by atoms with Gasteiger partial charge in [-0.2, -0.15) is 0 Å². The molecule has 1 atom stereocenters. The molecule has 0 aliphatic heterocycles. The molecule has 3 nitrogen and oxygen atoms in total. The van der Waals surface area contributed by atoms with Crippen molar-refractivity contribution in [1.82, 2.24) is 0 Å². The lowest BCUT2D eigenvalue weighted by molar-refractivity contribution is -0.932. The summed E-state index contributed by atoms with van der Waals surface area (Å²) in [4.78, 5) is 12.1. The summed E-state index contributed by atoms with van der Waals surface area (Å²) in [5, 5.41) is 10.9. The van der Waals surface area contributed by atoms with Gasteiger partial charge in [-0.3, -0.25) is 0 Å². The number of carboxylic acid groups (broad SMARTS) is 1. The maximum atomic E-state index is 10.9. The molecule has 1 aromatic carbocycles. The topological polar surface area (TPSA) is 44.6 Å². The van der Waals surface area contributed by atoms with Gasteiger partial charge >= 0.3 is 0 Å². The van der Waals surface area contributed by atoms with Crippen LogP contribution in [0.3, 0.4) is 0 Å². The van der Waals surface area contributed by atoms with Crippen LogP contribution in [0.4, 0.5) is 0 Å². The Balaban J connectivity index is 2.03. The maximum Gasteiger partial charge on any atom is 0.118 e. The third-order valence-corrected chi connectivity index (χ3v) is 4.17. The summed E-state index contributed by atoms with van der Waals surface area (Å²) in [7, 11) is 0. The van der Waals surface area contributed by atoms with E-state index in [0.717, 1.165) is 30.7 Å². The van der Waals surface area contributed by atoms with E-state index in [-0.39, 0.29) is 6.54 Å². The van der Waals surface area contributed by atoms with Gasteiger partial charge in [0.15, 0.2) is 0 Å². The molecular formula is C16H23NO2. The molecule has 3 heteroatoms. The Morgan fingerprint density at radius 3 is 2.32 bits per heavy atom. The Kier molecular flexibility index (Phi) is 4.97. The molecule has 1 aliphatic carbocycles. The SMILES string of the molecule is CCc1ccc(C[NH+](CC(=O)[O-])C2CCCC2)cc1. The third kappa shape index (κ3) is 4.06. The summed E-state index contributed by atoms with van der Waals surface area (Å²) in [5.41, 5.74) is 2.55. The zero-order valence-corrected chi connectivity index (χ0v) is 11.7. The first-order valence-corrected chi connectivity index (χ1v) is 7.31. The van der Waals surface area contributed by atoms with Crippen LogP contribution >= 0.6 is 0 Å². The first-order chi connectivity index (χ1) is 9.19. The van der Waals surface area contributed by atoms with Crippen LogP contribution in [-0.2, 0) is 17.8 Å². The second-order valence-electron chi connectivity index (χ2n) is 5.54. The number of carbonyl (C=O) groups is 1. The van der Waals surface area contributed by atoms with Gasteiger partial charge in [0.25, 0.3) is 0 Å². The molecule has 0 amide bonds. The summed E-state index contributed by atoms with van der Waals surface area (Å²) in [6, 6.07) is 9.02. The molecule has 1 unspecified atom stereocenters. The van der Waals surface area contributed by atoms with Crippen molar-refractivity contribution in [2.75, 3.05) is 6.54 Å². The predicted octanol–water partition coefficient (Wildman–Crippen LogP) is 0.326. The van der Waals surface area contributed by atoms with Crippen molar-refractivity contribution < 1.29 is 14.8 Å². The molecule has 1 N–H and O–H groups in total. The Morgan fingerprint density at radius 1 is 1.21 bits per heavy atom. The number of aryl methyl sites for hydroxylation is 1. The Bertz CT molecular complexity index is 407. The van der Waals surface area contributed by atoms with Gasteiger partial charge in [0, 0.05) is 5.56 Å². The quantitative estimate of drug-likeness (QED) is 0.802. The standard InChI is InChI=1S/C16H23NO2/c1-2-13-7-9-14(10-8-13)11-17(12-16(18)19)15-5-3-4-6-15/h7-10,15H,2-6,11-12H2,1H3,(H,18,19). The summed E-state index contributed by atoms with van der Waals surface area (Å²) in [6.45, 7) is 3.06. The summed E-state index contributed by atoms with van der Waals surface area (Å²) >= 11 is 0. The zero-order chi connectivity index (χ0) is 13.7. The Labute approximate surface area is 115 Å². The summed E-state index contributed by atoms with van der Waals surface area (Å²) in [6.07, 6.45) is 5.80. The van der Waals surface area contributed by atoms with Gasteiger partial charge in [-0.15, -0.1) is 0 Å². The van der Waals surface area contributed by atoms with E-state index in [1.165, 1.54) is 24.0 Å². The molecule has 0 heterocycles. The van der Waals surface area contributed by atoms with Gasteiger partial charge in [-0.05, 0) is 37.7 Å². The molecule has 1 aromatic rings. The molecule has 0 saturated heterocycles. The van der Waals surface area contributed by atoms with Crippen LogP contribution in [0.15, 0.2) is 24.3 Å². The minimum absolute atomic E-state index is 0.125. The highest BCUT2D eigenvalue weighted by Gasteiger charge is 2.26. The number of hydrogen-bond acceptors (Lipinski definition) is 2. The fourth-order valence-corrected chi connectivity index (χ4v) is 3.03. The van der Waals surface area contributed by atoms with Crippen LogP contribution in [0.5, 0.6) is 0 Å². The van der Waals surface area contributed by atoms with Crippen LogP contribution in [-0.4, -0.2) is 18.6 Å². The van der Waals surface area contributed by atoms with Gasteiger partial charge in [0.1, 0.15) is 13.1 Å². The fourth-order valence-electron chi connectivity index (χ4n) is 3.03. The van der Waals surface area contributed by atoms with Gasteiger partial charge < -0.3 is 14.8 Å². The predicted molar refractivity (Wildman–Crippen MR) is 72.6 cm³/mol. The first kappa shape index (κ1) is 14.1. The van der Waals surface area contributed by atoms with Crippen molar-refractivity contribution in [2.24, 2.45) is 0 Å². The fraction of sp³-hybridized carbons (Fsp3) is 0.562. The van der Waals surface area contributed by atoms with E-state index in [4.69, 9.17) is 0 Å². The van der Waals surface area contributed by atoms with Crippen molar-refractivity contribution >= 4 is 5.97 Å². The van der Waals surface area contributed by atoms with Crippen molar-refractivity contribution in [3.05, 3.63) is 35.4 Å². The average Bonchev–Trinajstić information content (AvgIpc) is 2.92. The van der Waals surface area contributed by atoms with Crippen molar-refractivity contribution in [3.63, 3.8) is 0 Å². The average molecular weight is 261 g/mol. The number of nitrogens with one attached hydrogen (secondary N) is 1. The van der Waals surface area contributed by atoms with Crippen molar-refractivity contribution in [1.29, 1.82) is 0 Å².